The fourth-order valence-corrected chi connectivity index (χ4v) is 9.31. The quantitative estimate of drug-likeness (QED) is 0.159. The third-order valence-corrected chi connectivity index (χ3v) is 11.5. The topological polar surface area (TPSA) is 4.93 Å². The maximum Gasteiger partial charge on any atom is 0.0629 e. The molecule has 0 bridgehead atoms. The Bertz CT molecular complexity index is 2770. The van der Waals surface area contributed by atoms with Crippen LogP contribution in [0.2, 0.25) is 0 Å². The second-order valence-electron chi connectivity index (χ2n) is 15.3. The number of hydrogen-bond acceptors (Lipinski definition) is 0. The summed E-state index contributed by atoms with van der Waals surface area (Å²) in [5.74, 6) is 0. The fourth-order valence-electron chi connectivity index (χ4n) is 9.31. The molecule has 1 aromatic heterocycles. The van der Waals surface area contributed by atoms with E-state index < -0.39 is 0 Å². The highest BCUT2D eigenvalue weighted by molar-refractivity contribution is 6.20. The normalized spacial score (nSPS) is 13.6. The summed E-state index contributed by atoms with van der Waals surface area (Å²) in [6, 6.07) is 42.0. The van der Waals surface area contributed by atoms with Gasteiger partial charge in [-0.15, -0.1) is 6.58 Å². The molecule has 0 saturated carbocycles. The van der Waals surface area contributed by atoms with Gasteiger partial charge in [0.15, 0.2) is 0 Å². The molecule has 0 atom stereocenters. The predicted molar refractivity (Wildman–Crippen MR) is 252 cm³/mol. The Morgan fingerprint density at radius 3 is 2.00 bits per heavy atom. The summed E-state index contributed by atoms with van der Waals surface area (Å²) in [5, 5.41) is 2.55. The Kier molecular flexibility index (Phi) is 11.1. The van der Waals surface area contributed by atoms with Crippen LogP contribution in [0, 0.1) is 6.92 Å². The predicted octanol–water partition coefficient (Wildman–Crippen LogP) is 16.2. The van der Waals surface area contributed by atoms with Crippen LogP contribution in [0.4, 0.5) is 0 Å². The van der Waals surface area contributed by atoms with E-state index in [4.69, 9.17) is 0 Å². The molecule has 0 amide bonds. The van der Waals surface area contributed by atoms with Crippen molar-refractivity contribution in [1.29, 1.82) is 0 Å². The van der Waals surface area contributed by atoms with Gasteiger partial charge in [0.25, 0.3) is 0 Å². The number of aryl methyl sites for hydroxylation is 1. The Balaban J connectivity index is 0.000000180. The highest BCUT2D eigenvalue weighted by atomic mass is 15.0. The van der Waals surface area contributed by atoms with Gasteiger partial charge in [0.1, 0.15) is 0 Å². The summed E-state index contributed by atoms with van der Waals surface area (Å²) >= 11 is 0. The molecule has 0 aliphatic heterocycles. The lowest BCUT2D eigenvalue weighted by Gasteiger charge is -2.25. The number of allylic oxidation sites excluding steroid dienone is 5. The summed E-state index contributed by atoms with van der Waals surface area (Å²) in [4.78, 5) is 0. The Labute approximate surface area is 340 Å². The van der Waals surface area contributed by atoms with Crippen LogP contribution in [-0.4, -0.2) is 4.57 Å². The van der Waals surface area contributed by atoms with Gasteiger partial charge in [0, 0.05) is 27.4 Å². The molecule has 284 valence electrons. The van der Waals surface area contributed by atoms with Gasteiger partial charge in [-0.25, -0.2) is 0 Å². The molecule has 3 aliphatic carbocycles. The standard InChI is InChI=1S/C33H29N.C18H14.C3H6.C2H6/c1-6-13-24-23(7-2)29-26-17-9-11-19-28(26)34(22-15-12-14-21(3)20-22)32(29)30-25-16-8-10-18-27(25)33(4,5)31(24)30;1-12-6-4-10-16-14-7-2-3-8-15(14)17-11-5-9-13(12)18(16)17;1-3-2;1-2/h6-20H,2H2,1,3-5H3;2-3,5-11H,4H2,1H3;3H,1H2,2H3;1-2H3/b13-6-;;;. The monoisotopic (exact) mass is 741 g/mol. The van der Waals surface area contributed by atoms with Crippen LogP contribution < -0.4 is 0 Å². The number of rotatable bonds is 3. The molecule has 0 fully saturated rings. The average Bonchev–Trinajstić information content (AvgIpc) is 3.77. The van der Waals surface area contributed by atoms with E-state index in [2.05, 4.69) is 198 Å². The largest absolute Gasteiger partial charge is 0.309 e. The number of hydrogen-bond donors (Lipinski definition) is 0. The van der Waals surface area contributed by atoms with Crippen molar-refractivity contribution in [1.82, 2.24) is 4.57 Å². The minimum absolute atomic E-state index is 0.111. The van der Waals surface area contributed by atoms with E-state index >= 15 is 0 Å². The zero-order valence-corrected chi connectivity index (χ0v) is 35.0. The number of fused-ring (bicyclic) bond motifs is 10. The smallest absolute Gasteiger partial charge is 0.0629 e. The molecule has 7 aromatic rings. The van der Waals surface area contributed by atoms with Crippen molar-refractivity contribution in [3.8, 4) is 27.9 Å². The van der Waals surface area contributed by atoms with Crippen molar-refractivity contribution in [3.05, 3.63) is 197 Å². The summed E-state index contributed by atoms with van der Waals surface area (Å²) in [7, 11) is 0. The second kappa shape index (κ2) is 16.1. The van der Waals surface area contributed by atoms with Gasteiger partial charge in [-0.1, -0.05) is 168 Å². The molecule has 0 radical (unpaired) electrons. The molecule has 0 unspecified atom stereocenters. The Morgan fingerprint density at radius 1 is 0.649 bits per heavy atom. The molecule has 0 saturated heterocycles. The zero-order chi connectivity index (χ0) is 40.4. The van der Waals surface area contributed by atoms with Gasteiger partial charge in [-0.3, -0.25) is 0 Å². The van der Waals surface area contributed by atoms with Gasteiger partial charge in [0.2, 0.25) is 0 Å². The van der Waals surface area contributed by atoms with Crippen molar-refractivity contribution < 1.29 is 0 Å². The van der Waals surface area contributed by atoms with Crippen LogP contribution >= 0.6 is 0 Å². The molecular weight excluding hydrogens is 687 g/mol. The average molecular weight is 742 g/mol. The highest BCUT2D eigenvalue weighted by Crippen LogP contribution is 2.56. The van der Waals surface area contributed by atoms with Crippen LogP contribution in [0.5, 0.6) is 0 Å². The molecule has 1 heterocycles. The molecule has 1 heteroatoms. The number of benzene rings is 6. The number of para-hydroxylation sites is 1. The van der Waals surface area contributed by atoms with Crippen molar-refractivity contribution in [2.45, 2.75) is 67.2 Å². The molecule has 0 N–H and O–H groups in total. The summed E-state index contributed by atoms with van der Waals surface area (Å²) in [6.45, 7) is 24.8. The lowest BCUT2D eigenvalue weighted by atomic mass is 9.78. The van der Waals surface area contributed by atoms with E-state index in [0.29, 0.717) is 0 Å². The first-order chi connectivity index (χ1) is 27.8. The highest BCUT2D eigenvalue weighted by Gasteiger charge is 2.40. The van der Waals surface area contributed by atoms with E-state index in [1.54, 1.807) is 6.08 Å². The Morgan fingerprint density at radius 2 is 1.28 bits per heavy atom. The molecule has 57 heavy (non-hydrogen) atoms. The third-order valence-electron chi connectivity index (χ3n) is 11.5. The third kappa shape index (κ3) is 6.36. The first kappa shape index (κ1) is 39.1. The molecule has 10 rings (SSSR count). The fraction of sp³-hybridized carbons (Fsp3) is 0.179. The van der Waals surface area contributed by atoms with E-state index in [-0.39, 0.29) is 5.41 Å². The van der Waals surface area contributed by atoms with Crippen LogP contribution in [-0.2, 0) is 5.41 Å². The SMILES string of the molecule is C=CC.C=Cc1c(/C=C\C)c2c(c3c1c1ccccc1n3-c1cccc(C)c1)-c1ccccc1C2(C)C.CC.CC1=CCC=C2c3ccccc3-c3cccc1c32. The van der Waals surface area contributed by atoms with E-state index in [9.17, 15) is 0 Å². The molecule has 3 aliphatic rings. The minimum atomic E-state index is -0.111. The van der Waals surface area contributed by atoms with Gasteiger partial charge in [-0.2, -0.15) is 0 Å². The molecule has 6 aromatic carbocycles. The van der Waals surface area contributed by atoms with Crippen molar-refractivity contribution >= 4 is 45.1 Å². The van der Waals surface area contributed by atoms with Crippen LogP contribution in [0.1, 0.15) is 99.4 Å². The molecule has 0 spiro atoms. The van der Waals surface area contributed by atoms with Crippen LogP contribution in [0.15, 0.2) is 153 Å². The second-order valence-corrected chi connectivity index (χ2v) is 15.3. The first-order valence-electron chi connectivity index (χ1n) is 20.5. The van der Waals surface area contributed by atoms with Gasteiger partial charge >= 0.3 is 0 Å². The summed E-state index contributed by atoms with van der Waals surface area (Å²) in [6.07, 6.45) is 14.0. The van der Waals surface area contributed by atoms with Crippen LogP contribution in [0.3, 0.4) is 0 Å². The maximum absolute atomic E-state index is 4.31. The lowest BCUT2D eigenvalue weighted by molar-refractivity contribution is 0.659. The van der Waals surface area contributed by atoms with Gasteiger partial charge in [0.05, 0.1) is 11.0 Å². The number of aromatic nitrogens is 1. The summed E-state index contributed by atoms with van der Waals surface area (Å²) in [5.41, 5.74) is 22.7. The lowest BCUT2D eigenvalue weighted by Crippen LogP contribution is -2.17. The van der Waals surface area contributed by atoms with E-state index in [1.807, 2.05) is 20.8 Å². The van der Waals surface area contributed by atoms with E-state index in [1.165, 1.54) is 105 Å². The zero-order valence-electron chi connectivity index (χ0n) is 35.0. The number of nitrogens with zero attached hydrogens (tertiary/aromatic N) is 1. The maximum atomic E-state index is 4.31. The van der Waals surface area contributed by atoms with E-state index in [0.717, 1.165) is 6.42 Å². The molecular formula is C56H55N. The first-order valence-corrected chi connectivity index (χ1v) is 20.5. The summed E-state index contributed by atoms with van der Waals surface area (Å²) < 4.78 is 2.47. The van der Waals surface area contributed by atoms with Gasteiger partial charge < -0.3 is 4.57 Å². The van der Waals surface area contributed by atoms with Crippen molar-refractivity contribution in [3.63, 3.8) is 0 Å². The molecule has 1 nitrogen and oxygen atoms in total. The van der Waals surface area contributed by atoms with Crippen molar-refractivity contribution in [2.24, 2.45) is 0 Å². The van der Waals surface area contributed by atoms with Crippen LogP contribution in [0.25, 0.3) is 73.0 Å². The van der Waals surface area contributed by atoms with Crippen molar-refractivity contribution in [2.75, 3.05) is 0 Å². The Hall–Kier alpha value is -6.18. The minimum Gasteiger partial charge on any atom is -0.309 e. The van der Waals surface area contributed by atoms with Gasteiger partial charge in [-0.05, 0) is 125 Å².